The molecule has 1 aromatic carbocycles. The number of rotatable bonds is 3. The number of hydrogen-bond acceptors (Lipinski definition) is 4. The number of carbonyl (C=O) groups excluding carboxylic acids is 1. The fourth-order valence-corrected chi connectivity index (χ4v) is 3.47. The molecule has 2 rings (SSSR count). The average Bonchev–Trinajstić information content (AvgIpc) is 2.71. The Balaban J connectivity index is 2.38. The summed E-state index contributed by atoms with van der Waals surface area (Å²) in [5.41, 5.74) is 0.571. The lowest BCUT2D eigenvalue weighted by atomic mass is 10.2. The van der Waals surface area contributed by atoms with Crippen molar-refractivity contribution < 1.29 is 17.9 Å². The van der Waals surface area contributed by atoms with Crippen LogP contribution in [-0.4, -0.2) is 33.2 Å². The highest BCUT2D eigenvalue weighted by Gasteiger charge is 2.38. The Hall–Kier alpha value is -0.540. The van der Waals surface area contributed by atoms with Crippen molar-refractivity contribution in [1.29, 1.82) is 0 Å². The molecule has 5 nitrogen and oxygen atoms in total. The van der Waals surface area contributed by atoms with Crippen LogP contribution in [0.3, 0.4) is 0 Å². The first-order valence-electron chi connectivity index (χ1n) is 5.40. The average molecular weight is 416 g/mol. The number of nitrogens with zero attached hydrogens (tertiary/aromatic N) is 1. The molecule has 0 radical (unpaired) electrons. The van der Waals surface area contributed by atoms with Crippen LogP contribution in [0.25, 0.3) is 0 Å². The Morgan fingerprint density at radius 1 is 1.47 bits per heavy atom. The maximum atomic E-state index is 12.0. The number of hydrogen-bond donors (Lipinski definition) is 0. The number of benzene rings is 1. The van der Waals surface area contributed by atoms with Crippen molar-refractivity contribution in [3.63, 3.8) is 0 Å². The van der Waals surface area contributed by atoms with Gasteiger partial charge in [-0.15, -0.1) is 0 Å². The number of carbonyl (C=O) groups is 1. The van der Waals surface area contributed by atoms with Gasteiger partial charge in [-0.25, -0.2) is 8.42 Å². The normalized spacial score (nSPS) is 19.8. The number of methoxy groups -OCH3 is 1. The summed E-state index contributed by atoms with van der Waals surface area (Å²) in [6.07, 6.45) is -0.0968. The highest BCUT2D eigenvalue weighted by Crippen LogP contribution is 2.34. The van der Waals surface area contributed by atoms with Gasteiger partial charge in [0.15, 0.2) is 0 Å². The molecule has 0 N–H and O–H groups in total. The minimum atomic E-state index is -3.74. The molecule has 1 unspecified atom stereocenters. The summed E-state index contributed by atoms with van der Waals surface area (Å²) in [6.45, 7) is 0.0567. The van der Waals surface area contributed by atoms with E-state index in [-0.39, 0.29) is 18.9 Å². The van der Waals surface area contributed by atoms with E-state index >= 15 is 0 Å². The number of ether oxygens (including phenoxy) is 1. The molecule has 0 aromatic heterocycles. The van der Waals surface area contributed by atoms with Crippen molar-refractivity contribution in [3.05, 3.63) is 21.8 Å². The van der Waals surface area contributed by atoms with Gasteiger partial charge in [0.25, 0.3) is 0 Å². The van der Waals surface area contributed by atoms with E-state index in [9.17, 15) is 13.2 Å². The van der Waals surface area contributed by atoms with Crippen LogP contribution in [0.1, 0.15) is 6.42 Å². The largest absolute Gasteiger partial charge is 0.495 e. The summed E-state index contributed by atoms with van der Waals surface area (Å²) >= 11 is 2.12. The van der Waals surface area contributed by atoms with E-state index in [1.807, 2.05) is 6.07 Å². The first-order valence-corrected chi connectivity index (χ1v) is 8.85. The molecule has 1 amide bonds. The molecule has 1 aliphatic heterocycles. The molecular weight excluding hydrogens is 405 g/mol. The minimum Gasteiger partial charge on any atom is -0.495 e. The molecule has 8 heteroatoms. The van der Waals surface area contributed by atoms with Crippen molar-refractivity contribution in [2.45, 2.75) is 11.7 Å². The fourth-order valence-electron chi connectivity index (χ4n) is 1.97. The Kier molecular flexibility index (Phi) is 4.26. The van der Waals surface area contributed by atoms with Gasteiger partial charge in [-0.05, 0) is 40.8 Å². The van der Waals surface area contributed by atoms with Crippen LogP contribution < -0.4 is 9.64 Å². The van der Waals surface area contributed by atoms with Gasteiger partial charge in [-0.3, -0.25) is 4.79 Å². The molecule has 0 aliphatic carbocycles. The predicted octanol–water partition coefficient (Wildman–Crippen LogP) is 1.97. The van der Waals surface area contributed by atoms with Crippen molar-refractivity contribution in [3.8, 4) is 5.75 Å². The highest BCUT2D eigenvalue weighted by atomic mass is 127. The van der Waals surface area contributed by atoms with Crippen LogP contribution in [0.4, 0.5) is 5.69 Å². The molecule has 0 spiro atoms. The van der Waals surface area contributed by atoms with E-state index in [1.165, 1.54) is 12.0 Å². The summed E-state index contributed by atoms with van der Waals surface area (Å²) in [5.74, 6) is 0.260. The van der Waals surface area contributed by atoms with Gasteiger partial charge in [0.05, 0.1) is 12.8 Å². The molecule has 1 saturated heterocycles. The zero-order chi connectivity index (χ0) is 14.2. The molecule has 0 saturated carbocycles. The Morgan fingerprint density at radius 3 is 2.68 bits per heavy atom. The second kappa shape index (κ2) is 5.45. The Labute approximate surface area is 129 Å². The lowest BCUT2D eigenvalue weighted by Crippen LogP contribution is -2.27. The van der Waals surface area contributed by atoms with Crippen LogP contribution >= 0.6 is 33.3 Å². The lowest BCUT2D eigenvalue weighted by Gasteiger charge is -2.19. The maximum Gasteiger partial charge on any atom is 0.237 e. The number of anilines is 1. The zero-order valence-corrected chi connectivity index (χ0v) is 13.7. The van der Waals surface area contributed by atoms with Gasteiger partial charge in [-0.2, -0.15) is 0 Å². The van der Waals surface area contributed by atoms with Crippen molar-refractivity contribution in [1.82, 2.24) is 0 Å². The smallest absolute Gasteiger partial charge is 0.237 e. The van der Waals surface area contributed by atoms with Gasteiger partial charge >= 0.3 is 0 Å². The van der Waals surface area contributed by atoms with Gasteiger partial charge in [0.2, 0.25) is 15.0 Å². The molecule has 1 atom stereocenters. The third-order valence-electron chi connectivity index (χ3n) is 2.92. The van der Waals surface area contributed by atoms with E-state index in [0.717, 1.165) is 3.57 Å². The van der Waals surface area contributed by atoms with E-state index < -0.39 is 14.3 Å². The third kappa shape index (κ3) is 3.14. The van der Waals surface area contributed by atoms with Crippen LogP contribution in [0.5, 0.6) is 5.75 Å². The SMILES string of the molecule is COc1ccc(I)cc1N1CC(S(=O)(=O)Cl)CC1=O. The Bertz CT molecular complexity index is 619. The van der Waals surface area contributed by atoms with E-state index in [4.69, 9.17) is 15.4 Å². The van der Waals surface area contributed by atoms with E-state index in [2.05, 4.69) is 22.6 Å². The summed E-state index contributed by atoms with van der Waals surface area (Å²) in [4.78, 5) is 13.4. The minimum absolute atomic E-state index is 0.0567. The van der Waals surface area contributed by atoms with Crippen LogP contribution in [0.15, 0.2) is 18.2 Å². The van der Waals surface area contributed by atoms with Crippen molar-refractivity contribution >= 4 is 53.9 Å². The summed E-state index contributed by atoms with van der Waals surface area (Å²) in [6, 6.07) is 5.37. The van der Waals surface area contributed by atoms with Crippen molar-refractivity contribution in [2.75, 3.05) is 18.6 Å². The molecule has 19 heavy (non-hydrogen) atoms. The third-order valence-corrected chi connectivity index (χ3v) is 5.46. The summed E-state index contributed by atoms with van der Waals surface area (Å²) < 4.78 is 28.8. The quantitative estimate of drug-likeness (QED) is 0.559. The molecule has 1 heterocycles. The monoisotopic (exact) mass is 415 g/mol. The second-order valence-corrected chi connectivity index (χ2v) is 8.28. The highest BCUT2D eigenvalue weighted by molar-refractivity contribution is 14.1. The van der Waals surface area contributed by atoms with Gasteiger partial charge in [-0.1, -0.05) is 0 Å². The molecule has 0 bridgehead atoms. The van der Waals surface area contributed by atoms with Crippen LogP contribution in [0.2, 0.25) is 0 Å². The van der Waals surface area contributed by atoms with Gasteiger partial charge < -0.3 is 9.64 Å². The molecule has 1 fully saturated rings. The zero-order valence-electron chi connectivity index (χ0n) is 9.97. The molecule has 1 aromatic rings. The predicted molar refractivity (Wildman–Crippen MR) is 81.2 cm³/mol. The molecule has 1 aliphatic rings. The first-order chi connectivity index (χ1) is 8.82. The van der Waals surface area contributed by atoms with Gasteiger partial charge in [0.1, 0.15) is 11.0 Å². The topological polar surface area (TPSA) is 63.7 Å². The number of halogens is 2. The van der Waals surface area contributed by atoms with Crippen LogP contribution in [0, 0.1) is 3.57 Å². The number of amides is 1. The Morgan fingerprint density at radius 2 is 2.16 bits per heavy atom. The van der Waals surface area contributed by atoms with Crippen molar-refractivity contribution in [2.24, 2.45) is 0 Å². The van der Waals surface area contributed by atoms with E-state index in [1.54, 1.807) is 12.1 Å². The first kappa shape index (κ1) is 14.9. The second-order valence-electron chi connectivity index (χ2n) is 4.12. The fraction of sp³-hybridized carbons (Fsp3) is 0.364. The summed E-state index contributed by atoms with van der Waals surface area (Å²) in [5, 5.41) is -0.871. The van der Waals surface area contributed by atoms with Gasteiger partial charge in [0, 0.05) is 27.2 Å². The summed E-state index contributed by atoms with van der Waals surface area (Å²) in [7, 11) is 3.09. The standard InChI is InChI=1S/C11H11ClINO4S/c1-18-10-3-2-7(13)4-9(10)14-6-8(5-11(14)15)19(12,16)17/h2-4,8H,5-6H2,1H3. The molecule has 104 valence electrons. The maximum absolute atomic E-state index is 12.0. The van der Waals surface area contributed by atoms with Crippen LogP contribution in [-0.2, 0) is 13.8 Å². The van der Waals surface area contributed by atoms with E-state index in [0.29, 0.717) is 11.4 Å². The lowest BCUT2D eigenvalue weighted by molar-refractivity contribution is -0.117. The molecular formula is C11H11ClINO4S.